The van der Waals surface area contributed by atoms with E-state index in [2.05, 4.69) is 4.74 Å². The maximum absolute atomic E-state index is 11.3. The third-order valence-electron chi connectivity index (χ3n) is 1.55. The van der Waals surface area contributed by atoms with Crippen LogP contribution in [0.15, 0.2) is 0 Å². The fraction of sp³-hybridized carbons (Fsp3) is 0.714. The number of hydrogen-bond donors (Lipinski definition) is 2. The van der Waals surface area contributed by atoms with E-state index in [9.17, 15) is 18.0 Å². The summed E-state index contributed by atoms with van der Waals surface area (Å²) in [5.74, 6) is -3.51. The topological polar surface area (TPSA) is 124 Å². The number of esters is 1. The van der Waals surface area contributed by atoms with Gasteiger partial charge in [0.25, 0.3) is 0 Å². The van der Waals surface area contributed by atoms with Gasteiger partial charge in [0.1, 0.15) is 5.75 Å². The van der Waals surface area contributed by atoms with Crippen LogP contribution in [-0.2, 0) is 24.2 Å². The number of ether oxygens (including phenoxy) is 1. The molecule has 0 aromatic heterocycles. The molecule has 0 aromatic carbocycles. The summed E-state index contributed by atoms with van der Waals surface area (Å²) in [4.78, 5) is 21.4. The summed E-state index contributed by atoms with van der Waals surface area (Å²) in [5.41, 5.74) is 5.00. The number of carbonyl (C=O) groups excluding carboxylic acids is 1. The second-order valence-corrected chi connectivity index (χ2v) is 4.86. The molecule has 1 unspecified atom stereocenters. The van der Waals surface area contributed by atoms with Crippen molar-refractivity contribution in [3.8, 4) is 0 Å². The van der Waals surface area contributed by atoms with E-state index in [1.54, 1.807) is 0 Å². The van der Waals surface area contributed by atoms with Crippen LogP contribution in [0, 0.1) is 0 Å². The first-order chi connectivity index (χ1) is 6.85. The van der Waals surface area contributed by atoms with E-state index in [0.29, 0.717) is 0 Å². The Bertz CT molecular complexity index is 335. The largest absolute Gasteiger partial charge is 0.480 e. The van der Waals surface area contributed by atoms with Crippen LogP contribution in [0.5, 0.6) is 0 Å². The lowest BCUT2D eigenvalue weighted by molar-refractivity contribution is -0.139. The van der Waals surface area contributed by atoms with E-state index < -0.39 is 39.3 Å². The summed E-state index contributed by atoms with van der Waals surface area (Å²) < 4.78 is 27.1. The second kappa shape index (κ2) is 5.66. The van der Waals surface area contributed by atoms with Gasteiger partial charge >= 0.3 is 11.9 Å². The molecule has 0 aromatic rings. The van der Waals surface area contributed by atoms with Crippen molar-refractivity contribution in [2.75, 3.05) is 18.9 Å². The predicted octanol–water partition coefficient (Wildman–Crippen LogP) is -1.62. The quantitative estimate of drug-likeness (QED) is 0.533. The van der Waals surface area contributed by atoms with Crippen LogP contribution in [-0.4, -0.2) is 49.6 Å². The second-order valence-electron chi connectivity index (χ2n) is 2.67. The van der Waals surface area contributed by atoms with Crippen LogP contribution in [0.1, 0.15) is 6.92 Å². The Hall–Kier alpha value is -1.15. The standard InChI is InChI=1S/C7H13NO6S/c1-2-14-6(9)4-15(12,13)5(3-8)7(10)11/h5H,2-4,8H2,1H3,(H,10,11). The van der Waals surface area contributed by atoms with E-state index in [1.807, 2.05) is 0 Å². The molecule has 0 aliphatic heterocycles. The molecular formula is C7H13NO6S. The number of carboxylic acid groups (broad SMARTS) is 1. The molecule has 0 rings (SSSR count). The van der Waals surface area contributed by atoms with Gasteiger partial charge in [-0.1, -0.05) is 0 Å². The zero-order valence-electron chi connectivity index (χ0n) is 8.17. The summed E-state index contributed by atoms with van der Waals surface area (Å²) in [7, 11) is -4.09. The van der Waals surface area contributed by atoms with Gasteiger partial charge in [0.2, 0.25) is 0 Å². The van der Waals surface area contributed by atoms with Gasteiger partial charge < -0.3 is 15.6 Å². The first-order valence-electron chi connectivity index (χ1n) is 4.15. The number of hydrogen-bond acceptors (Lipinski definition) is 6. The normalized spacial score (nSPS) is 13.2. The van der Waals surface area contributed by atoms with Crippen molar-refractivity contribution in [2.45, 2.75) is 12.2 Å². The van der Waals surface area contributed by atoms with Crippen LogP contribution < -0.4 is 5.73 Å². The Morgan fingerprint density at radius 2 is 2.00 bits per heavy atom. The fourth-order valence-electron chi connectivity index (χ4n) is 0.869. The fourth-order valence-corrected chi connectivity index (χ4v) is 2.08. The third kappa shape index (κ3) is 4.26. The Kier molecular flexibility index (Phi) is 5.23. The smallest absolute Gasteiger partial charge is 0.323 e. The molecule has 0 heterocycles. The van der Waals surface area contributed by atoms with Crippen molar-refractivity contribution in [3.05, 3.63) is 0 Å². The SMILES string of the molecule is CCOC(=O)CS(=O)(=O)C(CN)C(=O)O. The molecule has 0 amide bonds. The highest BCUT2D eigenvalue weighted by molar-refractivity contribution is 7.93. The molecule has 0 aliphatic carbocycles. The lowest BCUT2D eigenvalue weighted by Gasteiger charge is -2.10. The van der Waals surface area contributed by atoms with Gasteiger partial charge in [-0.05, 0) is 6.92 Å². The summed E-state index contributed by atoms with van der Waals surface area (Å²) in [6, 6.07) is 0. The number of nitrogens with two attached hydrogens (primary N) is 1. The van der Waals surface area contributed by atoms with Gasteiger partial charge in [0.15, 0.2) is 15.1 Å². The van der Waals surface area contributed by atoms with Gasteiger partial charge in [0.05, 0.1) is 6.61 Å². The van der Waals surface area contributed by atoms with Crippen LogP contribution in [0.4, 0.5) is 0 Å². The summed E-state index contributed by atoms with van der Waals surface area (Å²) in [5, 5.41) is 6.78. The zero-order chi connectivity index (χ0) is 12.1. The molecule has 0 radical (unpaired) electrons. The van der Waals surface area contributed by atoms with Crippen LogP contribution in [0.2, 0.25) is 0 Å². The number of rotatable bonds is 6. The number of sulfone groups is 1. The highest BCUT2D eigenvalue weighted by atomic mass is 32.2. The summed E-state index contributed by atoms with van der Waals surface area (Å²) >= 11 is 0. The minimum absolute atomic E-state index is 0.0364. The van der Waals surface area contributed by atoms with Crippen molar-refractivity contribution >= 4 is 21.8 Å². The molecule has 3 N–H and O–H groups in total. The molecule has 0 saturated heterocycles. The molecule has 88 valence electrons. The monoisotopic (exact) mass is 239 g/mol. The van der Waals surface area contributed by atoms with E-state index in [-0.39, 0.29) is 6.61 Å². The van der Waals surface area contributed by atoms with E-state index >= 15 is 0 Å². The van der Waals surface area contributed by atoms with Crippen molar-refractivity contribution in [1.29, 1.82) is 0 Å². The highest BCUT2D eigenvalue weighted by Crippen LogP contribution is 2.02. The number of aliphatic carboxylic acids is 1. The lowest BCUT2D eigenvalue weighted by Crippen LogP contribution is -2.40. The van der Waals surface area contributed by atoms with Crippen LogP contribution in [0.25, 0.3) is 0 Å². The minimum Gasteiger partial charge on any atom is -0.480 e. The minimum atomic E-state index is -4.09. The highest BCUT2D eigenvalue weighted by Gasteiger charge is 2.33. The van der Waals surface area contributed by atoms with Crippen LogP contribution in [0.3, 0.4) is 0 Å². The molecule has 0 fully saturated rings. The molecular weight excluding hydrogens is 226 g/mol. The Balaban J connectivity index is 4.67. The van der Waals surface area contributed by atoms with Gasteiger partial charge in [-0.15, -0.1) is 0 Å². The van der Waals surface area contributed by atoms with Gasteiger partial charge in [-0.25, -0.2) is 8.42 Å². The first-order valence-corrected chi connectivity index (χ1v) is 5.86. The maximum Gasteiger partial charge on any atom is 0.323 e. The first kappa shape index (κ1) is 13.8. The molecule has 0 spiro atoms. The Morgan fingerprint density at radius 3 is 2.33 bits per heavy atom. The van der Waals surface area contributed by atoms with Crippen molar-refractivity contribution in [2.24, 2.45) is 5.73 Å². The summed E-state index contributed by atoms with van der Waals surface area (Å²) in [6.45, 7) is 0.980. The molecule has 0 aliphatic rings. The molecule has 7 nitrogen and oxygen atoms in total. The molecule has 0 bridgehead atoms. The Labute approximate surface area is 87.1 Å². The average molecular weight is 239 g/mol. The van der Waals surface area contributed by atoms with Crippen molar-refractivity contribution in [1.82, 2.24) is 0 Å². The molecule has 8 heteroatoms. The van der Waals surface area contributed by atoms with E-state index in [0.717, 1.165) is 0 Å². The van der Waals surface area contributed by atoms with E-state index in [1.165, 1.54) is 6.92 Å². The van der Waals surface area contributed by atoms with Crippen molar-refractivity contribution in [3.63, 3.8) is 0 Å². The van der Waals surface area contributed by atoms with Gasteiger partial charge in [0, 0.05) is 6.54 Å². The predicted molar refractivity (Wildman–Crippen MR) is 50.9 cm³/mol. The summed E-state index contributed by atoms with van der Waals surface area (Å²) in [6.07, 6.45) is 0. The molecule has 1 atom stereocenters. The Morgan fingerprint density at radius 1 is 1.47 bits per heavy atom. The van der Waals surface area contributed by atoms with Gasteiger partial charge in [-0.2, -0.15) is 0 Å². The van der Waals surface area contributed by atoms with Crippen LogP contribution >= 0.6 is 0 Å². The van der Waals surface area contributed by atoms with Gasteiger partial charge in [-0.3, -0.25) is 9.59 Å². The average Bonchev–Trinajstić information content (AvgIpc) is 2.02. The third-order valence-corrected chi connectivity index (χ3v) is 3.45. The molecule has 15 heavy (non-hydrogen) atoms. The zero-order valence-corrected chi connectivity index (χ0v) is 8.99. The lowest BCUT2D eigenvalue weighted by atomic mass is 10.4. The van der Waals surface area contributed by atoms with Crippen molar-refractivity contribution < 1.29 is 27.9 Å². The number of carboxylic acids is 1. The maximum atomic E-state index is 11.3. The number of carbonyl (C=O) groups is 2. The molecule has 0 saturated carbocycles. The van der Waals surface area contributed by atoms with E-state index in [4.69, 9.17) is 10.8 Å².